The van der Waals surface area contributed by atoms with Gasteiger partial charge in [0.1, 0.15) is 11.3 Å². The molecular formula is C18H20O6. The van der Waals surface area contributed by atoms with E-state index < -0.39 is 11.6 Å². The number of carbonyl (C=O) groups excluding carboxylic acids is 1. The summed E-state index contributed by atoms with van der Waals surface area (Å²) in [4.78, 5) is 23.1. The first-order valence-corrected chi connectivity index (χ1v) is 7.67. The van der Waals surface area contributed by atoms with Gasteiger partial charge in [-0.3, -0.25) is 4.79 Å². The first-order chi connectivity index (χ1) is 11.6. The highest BCUT2D eigenvalue weighted by Crippen LogP contribution is 2.34. The fraction of sp³-hybridized carbons (Fsp3) is 0.333. The van der Waals surface area contributed by atoms with Crippen LogP contribution in [0.4, 0.5) is 0 Å². The standard InChI is InChI=1S/C18H20O6/c1-4-5-6-7-10-22-16-14-9-8-13(23-12(2)19)11-15(14)24-18(20)17(16)21-3/h5-6,8-9,11H,4,7,10H2,1-3H3. The van der Waals surface area contributed by atoms with Gasteiger partial charge in [0, 0.05) is 13.0 Å². The number of rotatable bonds is 7. The molecule has 0 radical (unpaired) electrons. The third kappa shape index (κ3) is 4.16. The average Bonchev–Trinajstić information content (AvgIpc) is 2.53. The van der Waals surface area contributed by atoms with Crippen molar-refractivity contribution in [1.82, 2.24) is 0 Å². The van der Waals surface area contributed by atoms with E-state index in [2.05, 4.69) is 6.92 Å². The van der Waals surface area contributed by atoms with Gasteiger partial charge in [-0.25, -0.2) is 4.79 Å². The van der Waals surface area contributed by atoms with Crippen LogP contribution in [0.25, 0.3) is 11.0 Å². The number of hydrogen-bond donors (Lipinski definition) is 0. The van der Waals surface area contributed by atoms with Crippen molar-refractivity contribution < 1.29 is 23.4 Å². The van der Waals surface area contributed by atoms with Gasteiger partial charge in [0.2, 0.25) is 5.75 Å². The summed E-state index contributed by atoms with van der Waals surface area (Å²) in [6.07, 6.45) is 5.73. The summed E-state index contributed by atoms with van der Waals surface area (Å²) in [5.41, 5.74) is -0.386. The van der Waals surface area contributed by atoms with Gasteiger partial charge in [-0.2, -0.15) is 0 Å². The lowest BCUT2D eigenvalue weighted by atomic mass is 10.2. The predicted molar refractivity (Wildman–Crippen MR) is 89.9 cm³/mol. The maximum absolute atomic E-state index is 12.1. The van der Waals surface area contributed by atoms with E-state index in [4.69, 9.17) is 18.6 Å². The van der Waals surface area contributed by atoms with E-state index in [9.17, 15) is 9.59 Å². The normalized spacial score (nSPS) is 11.0. The van der Waals surface area contributed by atoms with Gasteiger partial charge in [0.15, 0.2) is 5.75 Å². The van der Waals surface area contributed by atoms with Crippen LogP contribution in [0, 0.1) is 0 Å². The van der Waals surface area contributed by atoms with E-state index in [0.29, 0.717) is 29.9 Å². The zero-order valence-corrected chi connectivity index (χ0v) is 14.0. The van der Waals surface area contributed by atoms with Gasteiger partial charge in [-0.05, 0) is 25.0 Å². The molecule has 0 amide bonds. The van der Waals surface area contributed by atoms with E-state index in [-0.39, 0.29) is 11.3 Å². The molecule has 0 saturated heterocycles. The van der Waals surface area contributed by atoms with Gasteiger partial charge in [-0.1, -0.05) is 19.1 Å². The summed E-state index contributed by atoms with van der Waals surface area (Å²) < 4.78 is 21.1. The van der Waals surface area contributed by atoms with Crippen LogP contribution in [0.1, 0.15) is 26.7 Å². The number of methoxy groups -OCH3 is 1. The zero-order valence-electron chi connectivity index (χ0n) is 14.0. The Bertz CT molecular complexity index is 803. The molecule has 24 heavy (non-hydrogen) atoms. The summed E-state index contributed by atoms with van der Waals surface area (Å²) in [6, 6.07) is 4.74. The number of fused-ring (bicyclic) bond motifs is 1. The molecule has 2 aromatic rings. The SMILES string of the molecule is CCC=CCCOc1c(OC)c(=O)oc2cc(OC(C)=O)ccc12. The molecular weight excluding hydrogens is 312 g/mol. The van der Waals surface area contributed by atoms with E-state index >= 15 is 0 Å². The minimum Gasteiger partial charge on any atom is -0.488 e. The predicted octanol–water partition coefficient (Wildman–Crippen LogP) is 3.46. The second kappa shape index (κ2) is 8.19. The van der Waals surface area contributed by atoms with E-state index in [1.165, 1.54) is 20.1 Å². The van der Waals surface area contributed by atoms with Crippen LogP contribution in [-0.4, -0.2) is 19.7 Å². The second-order valence-electron chi connectivity index (χ2n) is 5.02. The molecule has 0 aliphatic carbocycles. The van der Waals surface area contributed by atoms with Crippen LogP contribution in [-0.2, 0) is 4.79 Å². The van der Waals surface area contributed by atoms with E-state index in [0.717, 1.165) is 6.42 Å². The van der Waals surface area contributed by atoms with Crippen molar-refractivity contribution >= 4 is 16.9 Å². The summed E-state index contributed by atoms with van der Waals surface area (Å²) in [6.45, 7) is 3.75. The van der Waals surface area contributed by atoms with Crippen molar-refractivity contribution in [3.05, 3.63) is 40.8 Å². The number of carbonyl (C=O) groups is 1. The zero-order chi connectivity index (χ0) is 17.5. The minimum atomic E-state index is -0.649. The highest BCUT2D eigenvalue weighted by Gasteiger charge is 2.17. The number of ether oxygens (including phenoxy) is 3. The summed E-state index contributed by atoms with van der Waals surface area (Å²) in [7, 11) is 1.38. The molecule has 6 heteroatoms. The van der Waals surface area contributed by atoms with Crippen molar-refractivity contribution in [3.8, 4) is 17.2 Å². The Balaban J connectivity index is 2.40. The van der Waals surface area contributed by atoms with Crippen LogP contribution in [0.5, 0.6) is 17.2 Å². The van der Waals surface area contributed by atoms with Crippen LogP contribution < -0.4 is 19.8 Å². The lowest BCUT2D eigenvalue weighted by Gasteiger charge is -2.12. The van der Waals surface area contributed by atoms with E-state index in [1.807, 2.05) is 12.2 Å². The lowest BCUT2D eigenvalue weighted by molar-refractivity contribution is -0.131. The molecule has 0 fully saturated rings. The number of esters is 1. The van der Waals surface area contributed by atoms with Crippen molar-refractivity contribution in [3.63, 3.8) is 0 Å². The fourth-order valence-electron chi connectivity index (χ4n) is 2.20. The van der Waals surface area contributed by atoms with Crippen LogP contribution in [0.3, 0.4) is 0 Å². The fourth-order valence-corrected chi connectivity index (χ4v) is 2.20. The molecule has 0 N–H and O–H groups in total. The van der Waals surface area contributed by atoms with Crippen LogP contribution in [0.2, 0.25) is 0 Å². The Labute approximate surface area is 139 Å². The molecule has 0 aliphatic rings. The first-order valence-electron chi connectivity index (χ1n) is 7.67. The molecule has 1 heterocycles. The number of allylic oxidation sites excluding steroid dienone is 1. The van der Waals surface area contributed by atoms with Gasteiger partial charge in [0.25, 0.3) is 0 Å². The van der Waals surface area contributed by atoms with E-state index in [1.54, 1.807) is 12.1 Å². The molecule has 1 aromatic heterocycles. The Kier molecular flexibility index (Phi) is 6.01. The topological polar surface area (TPSA) is 75.0 Å². The highest BCUT2D eigenvalue weighted by molar-refractivity contribution is 5.87. The van der Waals surface area contributed by atoms with Gasteiger partial charge < -0.3 is 18.6 Å². The lowest BCUT2D eigenvalue weighted by Crippen LogP contribution is -2.09. The van der Waals surface area contributed by atoms with Crippen molar-refractivity contribution in [2.45, 2.75) is 26.7 Å². The quantitative estimate of drug-likeness (QED) is 0.254. The molecule has 2 rings (SSSR count). The molecule has 0 unspecified atom stereocenters. The minimum absolute atomic E-state index is 0.0159. The summed E-state index contributed by atoms with van der Waals surface area (Å²) in [5, 5.41) is 0.571. The Hall–Kier alpha value is -2.76. The van der Waals surface area contributed by atoms with Gasteiger partial charge in [-0.15, -0.1) is 0 Å². The van der Waals surface area contributed by atoms with Crippen LogP contribution >= 0.6 is 0 Å². The van der Waals surface area contributed by atoms with Crippen molar-refractivity contribution in [2.24, 2.45) is 0 Å². The van der Waals surface area contributed by atoms with Crippen molar-refractivity contribution in [1.29, 1.82) is 0 Å². The Morgan fingerprint density at radius 2 is 2.04 bits per heavy atom. The monoisotopic (exact) mass is 332 g/mol. The average molecular weight is 332 g/mol. The molecule has 128 valence electrons. The Morgan fingerprint density at radius 1 is 1.25 bits per heavy atom. The number of hydrogen-bond acceptors (Lipinski definition) is 6. The second-order valence-corrected chi connectivity index (χ2v) is 5.02. The smallest absolute Gasteiger partial charge is 0.383 e. The maximum atomic E-state index is 12.1. The molecule has 0 bridgehead atoms. The molecule has 0 aliphatic heterocycles. The third-order valence-electron chi connectivity index (χ3n) is 3.19. The summed E-state index contributed by atoms with van der Waals surface area (Å²) >= 11 is 0. The van der Waals surface area contributed by atoms with Gasteiger partial charge >= 0.3 is 11.6 Å². The van der Waals surface area contributed by atoms with Crippen LogP contribution in [0.15, 0.2) is 39.6 Å². The molecule has 1 aromatic carbocycles. The largest absolute Gasteiger partial charge is 0.488 e. The van der Waals surface area contributed by atoms with Crippen molar-refractivity contribution in [2.75, 3.05) is 13.7 Å². The molecule has 6 nitrogen and oxygen atoms in total. The first kappa shape index (κ1) is 17.6. The maximum Gasteiger partial charge on any atom is 0.383 e. The molecule has 0 atom stereocenters. The number of benzene rings is 1. The van der Waals surface area contributed by atoms with Gasteiger partial charge in [0.05, 0.1) is 19.1 Å². The molecule has 0 saturated carbocycles. The highest BCUT2D eigenvalue weighted by atomic mass is 16.5. The molecule has 0 spiro atoms. The Morgan fingerprint density at radius 3 is 2.71 bits per heavy atom. The summed E-state index contributed by atoms with van der Waals surface area (Å²) in [5.74, 6) is 0.176. The third-order valence-corrected chi connectivity index (χ3v) is 3.19.